The van der Waals surface area contributed by atoms with E-state index in [1.165, 1.54) is 6.20 Å². The molecule has 1 aromatic heterocycles. The lowest BCUT2D eigenvalue weighted by Gasteiger charge is -2.05. The number of nitrogens with two attached hydrogens (primary N) is 1. The molecule has 0 aliphatic carbocycles. The maximum absolute atomic E-state index is 13.7. The van der Waals surface area contributed by atoms with E-state index in [1.807, 2.05) is 0 Å². The third-order valence-electron chi connectivity index (χ3n) is 3.10. The molecule has 0 unspecified atom stereocenters. The average molecular weight is 349 g/mol. The highest BCUT2D eigenvalue weighted by Crippen LogP contribution is 2.21. The molecular weight excluding hydrogens is 334 g/mol. The van der Waals surface area contributed by atoms with Crippen molar-refractivity contribution < 1.29 is 17.6 Å². The fraction of sp³-hybridized carbons (Fsp3) is 0.167. The van der Waals surface area contributed by atoms with Gasteiger partial charge in [-0.2, -0.15) is 17.6 Å². The van der Waals surface area contributed by atoms with Crippen molar-refractivity contribution in [2.45, 2.75) is 6.18 Å². The van der Waals surface area contributed by atoms with E-state index in [9.17, 15) is 17.6 Å². The molecule has 0 saturated heterocycles. The summed E-state index contributed by atoms with van der Waals surface area (Å²) in [5.41, 5.74) is 7.32. The Morgan fingerprint density at radius 3 is 2.72 bits per heavy atom. The van der Waals surface area contributed by atoms with Crippen LogP contribution >= 0.6 is 0 Å². The van der Waals surface area contributed by atoms with Gasteiger partial charge in [0.15, 0.2) is 0 Å². The normalized spacial score (nSPS) is 11.6. The molecule has 3 N–H and O–H groups in total. The van der Waals surface area contributed by atoms with Crippen LogP contribution in [0.3, 0.4) is 0 Å². The number of alkyl halides is 3. The van der Waals surface area contributed by atoms with E-state index >= 15 is 0 Å². The lowest BCUT2D eigenvalue weighted by atomic mass is 10.0. The SMILES string of the molecule is NC/C(C#Cc1cccc(-c2cccnc2F)c1)=C\NCC(F)(F)F. The molecule has 7 heteroatoms. The number of hydrogen-bond acceptors (Lipinski definition) is 3. The Morgan fingerprint density at radius 2 is 2.04 bits per heavy atom. The van der Waals surface area contributed by atoms with E-state index in [-0.39, 0.29) is 6.54 Å². The molecule has 0 amide bonds. The minimum Gasteiger partial charge on any atom is -0.382 e. The summed E-state index contributed by atoms with van der Waals surface area (Å²) in [7, 11) is 0. The van der Waals surface area contributed by atoms with Gasteiger partial charge in [0, 0.05) is 35.6 Å². The van der Waals surface area contributed by atoms with Crippen LogP contribution in [0.2, 0.25) is 0 Å². The first-order valence-electron chi connectivity index (χ1n) is 7.31. The molecule has 1 aromatic carbocycles. The van der Waals surface area contributed by atoms with Gasteiger partial charge >= 0.3 is 6.18 Å². The summed E-state index contributed by atoms with van der Waals surface area (Å²) in [4.78, 5) is 3.60. The number of nitrogens with zero attached hydrogens (tertiary/aromatic N) is 1. The molecule has 3 nitrogen and oxygen atoms in total. The Hall–Kier alpha value is -2.85. The van der Waals surface area contributed by atoms with Crippen molar-refractivity contribution in [3.05, 3.63) is 65.9 Å². The van der Waals surface area contributed by atoms with Crippen LogP contribution in [0.25, 0.3) is 11.1 Å². The molecule has 0 radical (unpaired) electrons. The average Bonchev–Trinajstić information content (AvgIpc) is 2.57. The topological polar surface area (TPSA) is 50.9 Å². The van der Waals surface area contributed by atoms with Gasteiger partial charge in [0.2, 0.25) is 5.95 Å². The fourth-order valence-electron chi connectivity index (χ4n) is 1.95. The van der Waals surface area contributed by atoms with E-state index in [4.69, 9.17) is 5.73 Å². The molecular formula is C18H15F4N3. The van der Waals surface area contributed by atoms with Gasteiger partial charge in [-0.3, -0.25) is 0 Å². The number of aromatic nitrogens is 1. The quantitative estimate of drug-likeness (QED) is 0.506. The number of pyridine rings is 1. The Bertz CT molecular complexity index is 817. The Kier molecular flexibility index (Phi) is 6.14. The first-order valence-corrected chi connectivity index (χ1v) is 7.31. The van der Waals surface area contributed by atoms with E-state index in [0.717, 1.165) is 6.20 Å². The maximum Gasteiger partial charge on any atom is 0.405 e. The summed E-state index contributed by atoms with van der Waals surface area (Å²) in [5.74, 6) is 4.93. The van der Waals surface area contributed by atoms with Crippen molar-refractivity contribution >= 4 is 0 Å². The first kappa shape index (κ1) is 18.5. The lowest BCUT2D eigenvalue weighted by molar-refractivity contribution is -0.122. The van der Waals surface area contributed by atoms with Crippen LogP contribution in [0.5, 0.6) is 0 Å². The lowest BCUT2D eigenvalue weighted by Crippen LogP contribution is -2.25. The Balaban J connectivity index is 2.18. The molecule has 0 atom stereocenters. The summed E-state index contributed by atoms with van der Waals surface area (Å²) >= 11 is 0. The van der Waals surface area contributed by atoms with Crippen LogP contribution < -0.4 is 11.1 Å². The van der Waals surface area contributed by atoms with Gasteiger partial charge in [0.1, 0.15) is 6.54 Å². The second-order valence-corrected chi connectivity index (χ2v) is 5.04. The third kappa shape index (κ3) is 5.94. The molecule has 0 spiro atoms. The molecule has 25 heavy (non-hydrogen) atoms. The molecule has 1 heterocycles. The van der Waals surface area contributed by atoms with Crippen molar-refractivity contribution in [2.24, 2.45) is 5.73 Å². The second kappa shape index (κ2) is 8.31. The fourth-order valence-corrected chi connectivity index (χ4v) is 1.95. The molecule has 0 aliphatic rings. The molecule has 0 bridgehead atoms. The van der Waals surface area contributed by atoms with Crippen molar-refractivity contribution in [3.8, 4) is 23.0 Å². The van der Waals surface area contributed by atoms with Crippen LogP contribution in [-0.4, -0.2) is 24.2 Å². The summed E-state index contributed by atoms with van der Waals surface area (Å²) in [5, 5.41) is 2.13. The molecule has 130 valence electrons. The van der Waals surface area contributed by atoms with Crippen LogP contribution in [-0.2, 0) is 0 Å². The number of hydrogen-bond donors (Lipinski definition) is 2. The van der Waals surface area contributed by atoms with Crippen LogP contribution in [0.15, 0.2) is 54.4 Å². The standard InChI is InChI=1S/C18H15F4N3/c19-17-16(5-2-8-25-17)15-4-1-3-13(9-15)6-7-14(10-23)11-24-12-18(20,21)22/h1-5,8-9,11,24H,10,12,23H2/b14-11-. The summed E-state index contributed by atoms with van der Waals surface area (Å²) < 4.78 is 50.1. The van der Waals surface area contributed by atoms with E-state index in [2.05, 4.69) is 22.1 Å². The number of benzene rings is 1. The number of rotatable bonds is 4. The van der Waals surface area contributed by atoms with Gasteiger partial charge in [0.05, 0.1) is 0 Å². The predicted octanol–water partition coefficient (Wildman–Crippen LogP) is 3.23. The Morgan fingerprint density at radius 1 is 1.24 bits per heavy atom. The highest BCUT2D eigenvalue weighted by atomic mass is 19.4. The van der Waals surface area contributed by atoms with Gasteiger partial charge < -0.3 is 11.1 Å². The minimum absolute atomic E-state index is 0.00518. The molecule has 0 fully saturated rings. The zero-order valence-electron chi connectivity index (χ0n) is 13.1. The second-order valence-electron chi connectivity index (χ2n) is 5.04. The van der Waals surface area contributed by atoms with E-state index in [1.54, 1.807) is 36.4 Å². The van der Waals surface area contributed by atoms with Crippen LogP contribution in [0.1, 0.15) is 5.56 Å². The van der Waals surface area contributed by atoms with Gasteiger partial charge in [-0.15, -0.1) is 0 Å². The van der Waals surface area contributed by atoms with Gasteiger partial charge in [-0.25, -0.2) is 4.98 Å². The van der Waals surface area contributed by atoms with Crippen molar-refractivity contribution in [2.75, 3.05) is 13.1 Å². The number of halogens is 4. The van der Waals surface area contributed by atoms with Gasteiger partial charge in [-0.05, 0) is 29.8 Å². The molecule has 0 saturated carbocycles. The molecule has 2 aromatic rings. The largest absolute Gasteiger partial charge is 0.405 e. The first-order chi connectivity index (χ1) is 11.9. The molecule has 0 aliphatic heterocycles. The minimum atomic E-state index is -4.31. The van der Waals surface area contributed by atoms with Gasteiger partial charge in [-0.1, -0.05) is 24.0 Å². The summed E-state index contributed by atoms with van der Waals surface area (Å²) in [6.07, 6.45) is -1.81. The smallest absolute Gasteiger partial charge is 0.382 e. The van der Waals surface area contributed by atoms with E-state index < -0.39 is 18.7 Å². The van der Waals surface area contributed by atoms with Crippen molar-refractivity contribution in [1.82, 2.24) is 10.3 Å². The third-order valence-corrected chi connectivity index (χ3v) is 3.10. The van der Waals surface area contributed by atoms with Gasteiger partial charge in [0.25, 0.3) is 0 Å². The summed E-state index contributed by atoms with van der Waals surface area (Å²) in [6, 6.07) is 10.0. The molecule has 2 rings (SSSR count). The number of nitrogens with one attached hydrogen (secondary N) is 1. The Labute approximate surface area is 142 Å². The van der Waals surface area contributed by atoms with Crippen molar-refractivity contribution in [3.63, 3.8) is 0 Å². The monoisotopic (exact) mass is 349 g/mol. The maximum atomic E-state index is 13.7. The summed E-state index contributed by atoms with van der Waals surface area (Å²) in [6.45, 7) is -1.16. The highest BCUT2D eigenvalue weighted by Gasteiger charge is 2.25. The van der Waals surface area contributed by atoms with Crippen molar-refractivity contribution in [1.29, 1.82) is 0 Å². The highest BCUT2D eigenvalue weighted by molar-refractivity contribution is 5.65. The van der Waals surface area contributed by atoms with Crippen LogP contribution in [0.4, 0.5) is 17.6 Å². The zero-order chi connectivity index (χ0) is 18.3. The predicted molar refractivity (Wildman–Crippen MR) is 87.7 cm³/mol. The zero-order valence-corrected chi connectivity index (χ0v) is 13.1. The van der Waals surface area contributed by atoms with Crippen LogP contribution in [0, 0.1) is 17.8 Å². The van der Waals surface area contributed by atoms with E-state index in [0.29, 0.717) is 22.3 Å².